The molecule has 1 aliphatic carbocycles. The number of hydrogen-bond donors (Lipinski definition) is 2. The van der Waals surface area contributed by atoms with Crippen LogP contribution >= 0.6 is 0 Å². The number of ether oxygens (including phenoxy) is 1. The molecule has 120 valence electrons. The lowest BCUT2D eigenvalue weighted by Gasteiger charge is -2.15. The summed E-state index contributed by atoms with van der Waals surface area (Å²) in [6, 6.07) is 7.65. The van der Waals surface area contributed by atoms with Gasteiger partial charge in [-0.2, -0.15) is 4.39 Å². The van der Waals surface area contributed by atoms with E-state index in [0.717, 1.165) is 12.8 Å². The second-order valence-electron chi connectivity index (χ2n) is 5.71. The number of pyridine rings is 1. The summed E-state index contributed by atoms with van der Waals surface area (Å²) in [5.41, 5.74) is 0.785. The van der Waals surface area contributed by atoms with Crippen LogP contribution in [0.5, 0.6) is 5.75 Å². The van der Waals surface area contributed by atoms with Crippen LogP contribution in [0.4, 0.5) is 4.39 Å². The van der Waals surface area contributed by atoms with Gasteiger partial charge in [0.25, 0.3) is 0 Å². The third-order valence-electron chi connectivity index (χ3n) is 4.13. The molecule has 0 amide bonds. The third kappa shape index (κ3) is 3.32. The summed E-state index contributed by atoms with van der Waals surface area (Å²) in [5, 5.41) is 12.3. The molecule has 6 heteroatoms. The first-order valence-electron chi connectivity index (χ1n) is 7.34. The summed E-state index contributed by atoms with van der Waals surface area (Å²) in [7, 11) is 1.89. The Balaban J connectivity index is 1.85. The summed E-state index contributed by atoms with van der Waals surface area (Å²) in [5.74, 6) is -1.25. The fourth-order valence-electron chi connectivity index (χ4n) is 2.37. The molecule has 2 N–H and O–H groups in total. The lowest BCUT2D eigenvalue weighted by Crippen LogP contribution is -2.33. The number of carboxylic acid groups (broad SMARTS) is 1. The Kier molecular flexibility index (Phi) is 4.00. The van der Waals surface area contributed by atoms with Crippen LogP contribution in [0, 0.1) is 5.95 Å². The number of halogens is 1. The third-order valence-corrected chi connectivity index (χ3v) is 4.13. The van der Waals surface area contributed by atoms with Gasteiger partial charge in [0, 0.05) is 5.56 Å². The average Bonchev–Trinajstić information content (AvgIpc) is 3.35. The Hall–Kier alpha value is -2.47. The van der Waals surface area contributed by atoms with Gasteiger partial charge in [-0.15, -0.1) is 0 Å². The van der Waals surface area contributed by atoms with Crippen LogP contribution in [-0.2, 0) is 0 Å². The first-order chi connectivity index (χ1) is 11.0. The van der Waals surface area contributed by atoms with Crippen molar-refractivity contribution < 1.29 is 19.0 Å². The Morgan fingerprint density at radius 1 is 1.43 bits per heavy atom. The topological polar surface area (TPSA) is 71.5 Å². The molecule has 1 aliphatic rings. The van der Waals surface area contributed by atoms with E-state index in [-0.39, 0.29) is 16.7 Å². The molecule has 0 spiro atoms. The minimum Gasteiger partial charge on any atom is -0.490 e. The highest BCUT2D eigenvalue weighted by Crippen LogP contribution is 2.35. The lowest BCUT2D eigenvalue weighted by molar-refractivity contribution is 0.0697. The number of benzene rings is 1. The van der Waals surface area contributed by atoms with Gasteiger partial charge in [0.15, 0.2) is 0 Å². The van der Waals surface area contributed by atoms with Crippen LogP contribution in [0.15, 0.2) is 36.5 Å². The number of likely N-dealkylation sites (N-methyl/N-ethyl adjacent to an activating group) is 1. The van der Waals surface area contributed by atoms with Crippen molar-refractivity contribution in [1.82, 2.24) is 10.3 Å². The van der Waals surface area contributed by atoms with E-state index in [9.17, 15) is 9.18 Å². The molecule has 3 rings (SSSR count). The summed E-state index contributed by atoms with van der Waals surface area (Å²) in [6.07, 6.45) is 3.43. The number of carbonyl (C=O) groups is 1. The zero-order valence-corrected chi connectivity index (χ0v) is 12.7. The fraction of sp³-hybridized carbons (Fsp3) is 0.294. The maximum absolute atomic E-state index is 14.0. The van der Waals surface area contributed by atoms with Crippen molar-refractivity contribution in [3.63, 3.8) is 0 Å². The van der Waals surface area contributed by atoms with Crippen molar-refractivity contribution in [2.75, 3.05) is 13.7 Å². The van der Waals surface area contributed by atoms with E-state index >= 15 is 0 Å². The summed E-state index contributed by atoms with van der Waals surface area (Å²) in [6.45, 7) is 0.491. The van der Waals surface area contributed by atoms with Crippen LogP contribution in [0.1, 0.15) is 23.2 Å². The number of nitrogens with one attached hydrogen (secondary N) is 1. The largest absolute Gasteiger partial charge is 0.490 e. The summed E-state index contributed by atoms with van der Waals surface area (Å²) < 4.78 is 19.7. The molecule has 0 aliphatic heterocycles. The molecule has 1 aromatic carbocycles. The highest BCUT2D eigenvalue weighted by molar-refractivity contribution is 5.89. The molecule has 0 atom stereocenters. The molecule has 1 aromatic heterocycles. The van der Waals surface area contributed by atoms with Crippen molar-refractivity contribution in [2.24, 2.45) is 0 Å². The van der Waals surface area contributed by atoms with Crippen LogP contribution in [0.25, 0.3) is 11.1 Å². The van der Waals surface area contributed by atoms with E-state index in [0.29, 0.717) is 17.9 Å². The van der Waals surface area contributed by atoms with Gasteiger partial charge in [-0.1, -0.05) is 12.1 Å². The van der Waals surface area contributed by atoms with E-state index in [1.165, 1.54) is 18.3 Å². The van der Waals surface area contributed by atoms with Gasteiger partial charge in [-0.3, -0.25) is 0 Å². The van der Waals surface area contributed by atoms with Gasteiger partial charge < -0.3 is 15.2 Å². The average molecular weight is 316 g/mol. The number of nitrogens with zero attached hydrogens (tertiary/aromatic N) is 1. The molecular weight excluding hydrogens is 299 g/mol. The lowest BCUT2D eigenvalue weighted by atomic mass is 10.0. The molecule has 0 saturated heterocycles. The summed E-state index contributed by atoms with van der Waals surface area (Å²) in [4.78, 5) is 14.8. The number of aromatic nitrogens is 1. The molecule has 0 unspecified atom stereocenters. The predicted molar refractivity (Wildman–Crippen MR) is 83.1 cm³/mol. The Morgan fingerprint density at radius 2 is 2.22 bits per heavy atom. The van der Waals surface area contributed by atoms with Gasteiger partial charge in [0.2, 0.25) is 5.95 Å². The van der Waals surface area contributed by atoms with E-state index in [2.05, 4.69) is 10.3 Å². The van der Waals surface area contributed by atoms with Crippen LogP contribution in [0.3, 0.4) is 0 Å². The van der Waals surface area contributed by atoms with Crippen molar-refractivity contribution in [1.29, 1.82) is 0 Å². The Morgan fingerprint density at radius 3 is 2.87 bits per heavy atom. The van der Waals surface area contributed by atoms with E-state index in [1.54, 1.807) is 18.2 Å². The van der Waals surface area contributed by atoms with E-state index in [1.807, 2.05) is 7.05 Å². The smallest absolute Gasteiger partial charge is 0.335 e. The fourth-order valence-corrected chi connectivity index (χ4v) is 2.37. The highest BCUT2D eigenvalue weighted by Gasteiger charge is 2.41. The van der Waals surface area contributed by atoms with Gasteiger partial charge in [0.1, 0.15) is 12.4 Å². The quantitative estimate of drug-likeness (QED) is 0.802. The Bertz CT molecular complexity index is 744. The molecule has 2 aromatic rings. The SMILES string of the molecule is CNC1(COc2cnc(F)c(-c3cccc(C(=O)O)c3)c2)CC1. The molecule has 1 heterocycles. The minimum absolute atomic E-state index is 0.0117. The monoisotopic (exact) mass is 316 g/mol. The maximum atomic E-state index is 14.0. The molecule has 0 radical (unpaired) electrons. The molecular formula is C17H17FN2O3. The second-order valence-corrected chi connectivity index (χ2v) is 5.71. The molecule has 1 fully saturated rings. The molecule has 23 heavy (non-hydrogen) atoms. The normalized spacial score (nSPS) is 15.2. The van der Waals surface area contributed by atoms with Crippen molar-refractivity contribution in [2.45, 2.75) is 18.4 Å². The van der Waals surface area contributed by atoms with E-state index < -0.39 is 11.9 Å². The standard InChI is InChI=1S/C17H17FN2O3/c1-19-17(5-6-17)10-23-13-8-14(15(18)20-9-13)11-3-2-4-12(7-11)16(21)22/h2-4,7-9,19H,5-6,10H2,1H3,(H,21,22). The zero-order valence-electron chi connectivity index (χ0n) is 12.7. The number of hydrogen-bond acceptors (Lipinski definition) is 4. The highest BCUT2D eigenvalue weighted by atomic mass is 19.1. The van der Waals surface area contributed by atoms with Gasteiger partial charge in [0.05, 0.1) is 17.3 Å². The van der Waals surface area contributed by atoms with Crippen LogP contribution in [-0.4, -0.2) is 35.3 Å². The molecule has 1 saturated carbocycles. The molecule has 5 nitrogen and oxygen atoms in total. The van der Waals surface area contributed by atoms with Crippen molar-refractivity contribution in [3.05, 3.63) is 48.0 Å². The second kappa shape index (κ2) is 5.96. The number of carboxylic acids is 1. The summed E-state index contributed by atoms with van der Waals surface area (Å²) >= 11 is 0. The van der Waals surface area contributed by atoms with Crippen molar-refractivity contribution in [3.8, 4) is 16.9 Å². The maximum Gasteiger partial charge on any atom is 0.335 e. The van der Waals surface area contributed by atoms with E-state index in [4.69, 9.17) is 9.84 Å². The van der Waals surface area contributed by atoms with Gasteiger partial charge >= 0.3 is 5.97 Å². The van der Waals surface area contributed by atoms with Crippen LogP contribution in [0.2, 0.25) is 0 Å². The zero-order chi connectivity index (χ0) is 16.4. The van der Waals surface area contributed by atoms with Gasteiger partial charge in [-0.25, -0.2) is 9.78 Å². The van der Waals surface area contributed by atoms with Gasteiger partial charge in [-0.05, 0) is 43.7 Å². The number of rotatable bonds is 6. The number of aromatic carboxylic acids is 1. The first-order valence-corrected chi connectivity index (χ1v) is 7.34. The van der Waals surface area contributed by atoms with Crippen LogP contribution < -0.4 is 10.1 Å². The minimum atomic E-state index is -1.06. The van der Waals surface area contributed by atoms with Crippen molar-refractivity contribution >= 4 is 5.97 Å². The molecule has 0 bridgehead atoms. The first kappa shape index (κ1) is 15.4. The predicted octanol–water partition coefficient (Wildman–Crippen LogP) is 2.72. The Labute approximate surface area is 133 Å².